The smallest absolute Gasteiger partial charge is 0.243 e. The highest BCUT2D eigenvalue weighted by Gasteiger charge is 2.29. The Hall–Kier alpha value is -2.35. The van der Waals surface area contributed by atoms with Crippen LogP contribution < -0.4 is 9.64 Å². The molecule has 0 saturated carbocycles. The molecule has 1 aromatic heterocycles. The average molecular weight is 432 g/mol. The van der Waals surface area contributed by atoms with Crippen molar-refractivity contribution in [3.8, 4) is 5.75 Å². The van der Waals surface area contributed by atoms with Gasteiger partial charge >= 0.3 is 0 Å². The molecule has 0 amide bonds. The molecular weight excluding hydrogens is 410 g/mol. The largest absolute Gasteiger partial charge is 0.494 e. The molecule has 3 aromatic rings. The van der Waals surface area contributed by atoms with Gasteiger partial charge in [-0.2, -0.15) is 4.31 Å². The molecule has 1 aliphatic rings. The van der Waals surface area contributed by atoms with Crippen LogP contribution in [-0.2, 0) is 10.0 Å². The summed E-state index contributed by atoms with van der Waals surface area (Å²) in [7, 11) is -3.54. The first kappa shape index (κ1) is 19.9. The van der Waals surface area contributed by atoms with E-state index in [1.165, 1.54) is 4.31 Å². The molecule has 1 saturated heterocycles. The van der Waals surface area contributed by atoms with E-state index in [4.69, 9.17) is 16.3 Å². The molecule has 1 fully saturated rings. The number of ether oxygens (including phenoxy) is 1. The zero-order chi connectivity index (χ0) is 20.4. The number of pyridine rings is 1. The van der Waals surface area contributed by atoms with Crippen molar-refractivity contribution in [2.75, 3.05) is 37.7 Å². The van der Waals surface area contributed by atoms with E-state index in [0.29, 0.717) is 43.7 Å². The Kier molecular flexibility index (Phi) is 5.63. The van der Waals surface area contributed by atoms with Crippen LogP contribution in [0.5, 0.6) is 5.75 Å². The van der Waals surface area contributed by atoms with E-state index in [9.17, 15) is 8.42 Å². The molecule has 0 bridgehead atoms. The SMILES string of the molecule is CCOc1ccc(S(=O)(=O)N2CCN(c3cc4ccccc4c(Cl)n3)CC2)cc1. The number of aromatic nitrogens is 1. The van der Waals surface area contributed by atoms with Gasteiger partial charge in [0.1, 0.15) is 16.7 Å². The highest BCUT2D eigenvalue weighted by Crippen LogP contribution is 2.28. The fourth-order valence-corrected chi connectivity index (χ4v) is 5.17. The van der Waals surface area contributed by atoms with Crippen molar-refractivity contribution in [2.24, 2.45) is 0 Å². The number of piperazine rings is 1. The molecule has 152 valence electrons. The van der Waals surface area contributed by atoms with Crippen molar-refractivity contribution in [1.29, 1.82) is 0 Å². The predicted molar refractivity (Wildman–Crippen MR) is 115 cm³/mol. The number of anilines is 1. The minimum atomic E-state index is -3.54. The summed E-state index contributed by atoms with van der Waals surface area (Å²) in [6.45, 7) is 4.32. The maximum absolute atomic E-state index is 13.0. The standard InChI is InChI=1S/C21H22ClN3O3S/c1-2-28-17-7-9-18(10-8-17)29(26,27)25-13-11-24(12-14-25)20-15-16-5-3-4-6-19(16)21(22)23-20/h3-10,15H,2,11-14H2,1H3. The quantitative estimate of drug-likeness (QED) is 0.575. The number of hydrogen-bond donors (Lipinski definition) is 0. The van der Waals surface area contributed by atoms with E-state index in [2.05, 4.69) is 9.88 Å². The van der Waals surface area contributed by atoms with E-state index < -0.39 is 10.0 Å². The Balaban J connectivity index is 1.49. The zero-order valence-corrected chi connectivity index (χ0v) is 17.7. The van der Waals surface area contributed by atoms with Crippen LogP contribution in [0.2, 0.25) is 5.15 Å². The summed E-state index contributed by atoms with van der Waals surface area (Å²) in [5.74, 6) is 1.43. The summed E-state index contributed by atoms with van der Waals surface area (Å²) in [5, 5.41) is 2.39. The third kappa shape index (κ3) is 4.03. The number of rotatable bonds is 5. The van der Waals surface area contributed by atoms with Crippen LogP contribution in [0.15, 0.2) is 59.5 Å². The molecule has 0 N–H and O–H groups in total. The van der Waals surface area contributed by atoms with E-state index in [1.807, 2.05) is 37.3 Å². The number of benzene rings is 2. The predicted octanol–water partition coefficient (Wildman–Crippen LogP) is 3.80. The molecule has 0 spiro atoms. The van der Waals surface area contributed by atoms with E-state index in [0.717, 1.165) is 16.6 Å². The number of halogens is 1. The number of hydrogen-bond acceptors (Lipinski definition) is 5. The summed E-state index contributed by atoms with van der Waals surface area (Å²) < 4.78 is 32.8. The molecule has 0 aliphatic carbocycles. The maximum atomic E-state index is 13.0. The number of nitrogens with zero attached hydrogens (tertiary/aromatic N) is 3. The van der Waals surface area contributed by atoms with Gasteiger partial charge in [-0.25, -0.2) is 13.4 Å². The fourth-order valence-electron chi connectivity index (χ4n) is 3.49. The third-order valence-corrected chi connectivity index (χ3v) is 7.22. The third-order valence-electron chi connectivity index (χ3n) is 5.02. The molecule has 2 heterocycles. The van der Waals surface area contributed by atoms with Crippen LogP contribution in [0.1, 0.15) is 6.92 Å². The summed E-state index contributed by atoms with van der Waals surface area (Å²) in [5.41, 5.74) is 0. The van der Waals surface area contributed by atoms with Crippen molar-refractivity contribution >= 4 is 38.2 Å². The highest BCUT2D eigenvalue weighted by atomic mass is 35.5. The highest BCUT2D eigenvalue weighted by molar-refractivity contribution is 7.89. The van der Waals surface area contributed by atoms with Gasteiger partial charge in [0.2, 0.25) is 10.0 Å². The minimum Gasteiger partial charge on any atom is -0.494 e. The molecule has 0 unspecified atom stereocenters. The molecule has 0 radical (unpaired) electrons. The fraction of sp³-hybridized carbons (Fsp3) is 0.286. The Morgan fingerprint density at radius 3 is 2.41 bits per heavy atom. The van der Waals surface area contributed by atoms with Gasteiger partial charge in [0.15, 0.2) is 0 Å². The van der Waals surface area contributed by atoms with Gasteiger partial charge in [-0.3, -0.25) is 0 Å². The van der Waals surface area contributed by atoms with Crippen molar-refractivity contribution in [1.82, 2.24) is 9.29 Å². The Labute approximate surface area is 175 Å². The van der Waals surface area contributed by atoms with Gasteiger partial charge in [-0.1, -0.05) is 35.9 Å². The second kappa shape index (κ2) is 8.18. The lowest BCUT2D eigenvalue weighted by Crippen LogP contribution is -2.48. The molecular formula is C21H22ClN3O3S. The first-order chi connectivity index (χ1) is 14.0. The van der Waals surface area contributed by atoms with E-state index in [1.54, 1.807) is 24.3 Å². The normalized spacial score (nSPS) is 15.6. The molecule has 4 rings (SSSR count). The second-order valence-electron chi connectivity index (χ2n) is 6.79. The Morgan fingerprint density at radius 2 is 1.72 bits per heavy atom. The lowest BCUT2D eigenvalue weighted by Gasteiger charge is -2.34. The van der Waals surface area contributed by atoms with Crippen molar-refractivity contribution < 1.29 is 13.2 Å². The van der Waals surface area contributed by atoms with Gasteiger partial charge in [-0.15, -0.1) is 0 Å². The first-order valence-corrected chi connectivity index (χ1v) is 11.3. The Morgan fingerprint density at radius 1 is 1.03 bits per heavy atom. The first-order valence-electron chi connectivity index (χ1n) is 9.52. The average Bonchev–Trinajstić information content (AvgIpc) is 2.74. The molecule has 29 heavy (non-hydrogen) atoms. The molecule has 0 atom stereocenters. The van der Waals surface area contributed by atoms with Crippen molar-refractivity contribution in [3.05, 3.63) is 59.8 Å². The van der Waals surface area contributed by atoms with E-state index in [-0.39, 0.29) is 4.90 Å². The van der Waals surface area contributed by atoms with Gasteiger partial charge in [0.05, 0.1) is 11.5 Å². The molecule has 8 heteroatoms. The molecule has 6 nitrogen and oxygen atoms in total. The zero-order valence-electron chi connectivity index (χ0n) is 16.1. The molecule has 2 aromatic carbocycles. The summed E-state index contributed by atoms with van der Waals surface area (Å²) >= 11 is 6.34. The van der Waals surface area contributed by atoms with Crippen LogP contribution in [0.3, 0.4) is 0 Å². The van der Waals surface area contributed by atoms with Gasteiger partial charge in [0, 0.05) is 31.6 Å². The minimum absolute atomic E-state index is 0.279. The van der Waals surface area contributed by atoms with E-state index >= 15 is 0 Å². The van der Waals surface area contributed by atoms with Crippen molar-refractivity contribution in [2.45, 2.75) is 11.8 Å². The summed E-state index contributed by atoms with van der Waals surface area (Å²) in [4.78, 5) is 6.86. The summed E-state index contributed by atoms with van der Waals surface area (Å²) in [6.07, 6.45) is 0. The van der Waals surface area contributed by atoms with Crippen LogP contribution in [0, 0.1) is 0 Å². The summed E-state index contributed by atoms with van der Waals surface area (Å²) in [6, 6.07) is 16.4. The van der Waals surface area contributed by atoms with Crippen LogP contribution in [0.4, 0.5) is 5.82 Å². The van der Waals surface area contributed by atoms with Crippen LogP contribution in [0.25, 0.3) is 10.8 Å². The Bertz CT molecular complexity index is 1110. The van der Waals surface area contributed by atoms with Gasteiger partial charge in [-0.05, 0) is 42.6 Å². The molecule has 1 aliphatic heterocycles. The van der Waals surface area contributed by atoms with Gasteiger partial charge in [0.25, 0.3) is 0 Å². The topological polar surface area (TPSA) is 62.7 Å². The lowest BCUT2D eigenvalue weighted by molar-refractivity contribution is 0.340. The van der Waals surface area contributed by atoms with Crippen LogP contribution >= 0.6 is 11.6 Å². The second-order valence-corrected chi connectivity index (χ2v) is 9.08. The maximum Gasteiger partial charge on any atom is 0.243 e. The number of fused-ring (bicyclic) bond motifs is 1. The van der Waals surface area contributed by atoms with Crippen LogP contribution in [-0.4, -0.2) is 50.5 Å². The van der Waals surface area contributed by atoms with Gasteiger partial charge < -0.3 is 9.64 Å². The monoisotopic (exact) mass is 431 g/mol. The lowest BCUT2D eigenvalue weighted by atomic mass is 10.2. The number of sulfonamides is 1. The van der Waals surface area contributed by atoms with Crippen molar-refractivity contribution in [3.63, 3.8) is 0 Å².